The molecule has 0 saturated carbocycles. The van der Waals surface area contributed by atoms with Crippen molar-refractivity contribution in [3.05, 3.63) is 125 Å². The van der Waals surface area contributed by atoms with Gasteiger partial charge in [0.1, 0.15) is 24.0 Å². The van der Waals surface area contributed by atoms with E-state index in [2.05, 4.69) is 18.4 Å². The van der Waals surface area contributed by atoms with Gasteiger partial charge in [-0.05, 0) is 65.8 Å². The fourth-order valence-electron chi connectivity index (χ4n) is 3.55. The molecule has 1 nitrogen and oxygen atoms in total. The van der Waals surface area contributed by atoms with Crippen LogP contribution in [-0.4, -0.2) is 6.61 Å². The van der Waals surface area contributed by atoms with E-state index in [4.69, 9.17) is 4.74 Å². The van der Waals surface area contributed by atoms with E-state index in [-0.39, 0.29) is 16.8 Å². The molecule has 0 aliphatic rings. The van der Waals surface area contributed by atoms with Crippen LogP contribution >= 0.6 is 0 Å². The molecule has 0 aliphatic carbocycles. The molecule has 4 aromatic carbocycles. The molecule has 4 rings (SSSR count). The van der Waals surface area contributed by atoms with Crippen molar-refractivity contribution >= 4 is 10.8 Å². The van der Waals surface area contributed by atoms with Gasteiger partial charge in [-0.3, -0.25) is 0 Å². The first-order valence-corrected chi connectivity index (χ1v) is 10.6. The fraction of sp³-hybridized carbons (Fsp3) is 0.103. The van der Waals surface area contributed by atoms with Crippen LogP contribution in [0.3, 0.4) is 0 Å². The van der Waals surface area contributed by atoms with Gasteiger partial charge >= 0.3 is 0 Å². The van der Waals surface area contributed by atoms with E-state index in [1.165, 1.54) is 24.3 Å². The van der Waals surface area contributed by atoms with Crippen LogP contribution in [0, 0.1) is 35.1 Å². The van der Waals surface area contributed by atoms with Crippen molar-refractivity contribution in [3.8, 4) is 17.6 Å². The summed E-state index contributed by atoms with van der Waals surface area (Å²) >= 11 is 0. The monoisotopic (exact) mass is 460 g/mol. The molecule has 0 radical (unpaired) electrons. The third kappa shape index (κ3) is 5.29. The fourth-order valence-corrected chi connectivity index (χ4v) is 3.55. The van der Waals surface area contributed by atoms with Crippen molar-refractivity contribution < 1.29 is 22.3 Å². The number of aryl methyl sites for hydroxylation is 2. The third-order valence-electron chi connectivity index (χ3n) is 5.36. The summed E-state index contributed by atoms with van der Waals surface area (Å²) in [5.41, 5.74) is 2.00. The maximum absolute atomic E-state index is 14.6. The quantitative estimate of drug-likeness (QED) is 0.169. The summed E-state index contributed by atoms with van der Waals surface area (Å²) in [6, 6.07) is 16.6. The number of fused-ring (bicyclic) bond motifs is 1. The van der Waals surface area contributed by atoms with Crippen molar-refractivity contribution in [2.75, 3.05) is 6.61 Å². The number of hydrogen-bond acceptors (Lipinski definition) is 1. The average Bonchev–Trinajstić information content (AvgIpc) is 2.84. The molecule has 0 amide bonds. The lowest BCUT2D eigenvalue weighted by Gasteiger charge is -2.08. The van der Waals surface area contributed by atoms with Gasteiger partial charge < -0.3 is 4.74 Å². The molecule has 0 aromatic heterocycles. The summed E-state index contributed by atoms with van der Waals surface area (Å²) in [5.74, 6) is 3.40. The van der Waals surface area contributed by atoms with Crippen molar-refractivity contribution in [2.24, 2.45) is 0 Å². The molecule has 0 heterocycles. The van der Waals surface area contributed by atoms with Gasteiger partial charge in [0.25, 0.3) is 0 Å². The summed E-state index contributed by atoms with van der Waals surface area (Å²) in [6.45, 7) is 3.85. The molecular formula is C29H20F4O. The topological polar surface area (TPSA) is 9.23 Å². The van der Waals surface area contributed by atoms with E-state index in [0.29, 0.717) is 41.7 Å². The third-order valence-corrected chi connectivity index (χ3v) is 5.36. The Morgan fingerprint density at radius 2 is 1.62 bits per heavy atom. The summed E-state index contributed by atoms with van der Waals surface area (Å²) in [5, 5.41) is 0.672. The standard InChI is InChI=1S/C29H20F4O/c1-2-15-34-24-12-10-22(28(32)18-24)9-5-20-4-8-21(27(31)17-20)7-3-19-6-13-25-23(16-19)11-14-26(30)29(25)33/h2,4,6,8,10-14,16-18H,1,5,9,15H2. The highest BCUT2D eigenvalue weighted by Gasteiger charge is 2.08. The number of halogens is 4. The first-order valence-electron chi connectivity index (χ1n) is 10.6. The van der Waals surface area contributed by atoms with E-state index in [9.17, 15) is 17.6 Å². The van der Waals surface area contributed by atoms with Gasteiger partial charge in [-0.2, -0.15) is 0 Å². The Kier molecular flexibility index (Phi) is 6.98. The molecule has 5 heteroatoms. The van der Waals surface area contributed by atoms with Gasteiger partial charge in [-0.1, -0.05) is 48.8 Å². The lowest BCUT2D eigenvalue weighted by Crippen LogP contribution is -1.98. The molecule has 0 N–H and O–H groups in total. The maximum Gasteiger partial charge on any atom is 0.166 e. The highest BCUT2D eigenvalue weighted by Crippen LogP contribution is 2.22. The molecule has 0 saturated heterocycles. The number of hydrogen-bond donors (Lipinski definition) is 0. The van der Waals surface area contributed by atoms with Gasteiger partial charge in [0.15, 0.2) is 11.6 Å². The average molecular weight is 460 g/mol. The van der Waals surface area contributed by atoms with Crippen molar-refractivity contribution in [3.63, 3.8) is 0 Å². The molecule has 0 atom stereocenters. The number of rotatable bonds is 6. The Morgan fingerprint density at radius 1 is 0.765 bits per heavy atom. The Bertz CT molecular complexity index is 1430. The molecule has 0 bridgehead atoms. The Balaban J connectivity index is 1.45. The van der Waals surface area contributed by atoms with E-state index >= 15 is 0 Å². The second-order valence-corrected chi connectivity index (χ2v) is 7.71. The summed E-state index contributed by atoms with van der Waals surface area (Å²) in [7, 11) is 0. The highest BCUT2D eigenvalue weighted by atomic mass is 19.2. The van der Waals surface area contributed by atoms with Crippen molar-refractivity contribution in [2.45, 2.75) is 12.8 Å². The van der Waals surface area contributed by atoms with Crippen LogP contribution in [0.2, 0.25) is 0 Å². The van der Waals surface area contributed by atoms with Crippen LogP contribution in [0.5, 0.6) is 5.75 Å². The first kappa shape index (κ1) is 23.1. The largest absolute Gasteiger partial charge is 0.489 e. The zero-order valence-corrected chi connectivity index (χ0v) is 18.2. The number of ether oxygens (including phenoxy) is 1. The Morgan fingerprint density at radius 3 is 2.38 bits per heavy atom. The Hall–Kier alpha value is -4.04. The zero-order chi connectivity index (χ0) is 24.1. The van der Waals surface area contributed by atoms with Gasteiger partial charge in [0.05, 0.1) is 5.56 Å². The smallest absolute Gasteiger partial charge is 0.166 e. The Labute approximate surface area is 195 Å². The minimum Gasteiger partial charge on any atom is -0.489 e. The van der Waals surface area contributed by atoms with E-state index in [0.717, 1.165) is 11.6 Å². The molecule has 0 fully saturated rings. The van der Waals surface area contributed by atoms with E-state index in [1.807, 2.05) is 0 Å². The molecule has 4 aromatic rings. The molecule has 0 aliphatic heterocycles. The zero-order valence-electron chi connectivity index (χ0n) is 18.2. The minimum absolute atomic E-state index is 0.163. The first-order chi connectivity index (χ1) is 16.4. The van der Waals surface area contributed by atoms with Crippen LogP contribution in [-0.2, 0) is 12.8 Å². The minimum atomic E-state index is -0.911. The van der Waals surface area contributed by atoms with Gasteiger partial charge in [0, 0.05) is 17.0 Å². The molecule has 0 unspecified atom stereocenters. The molecule has 0 spiro atoms. The van der Waals surface area contributed by atoms with Crippen LogP contribution in [0.15, 0.2) is 79.4 Å². The highest BCUT2D eigenvalue weighted by molar-refractivity contribution is 5.84. The molecular weight excluding hydrogens is 440 g/mol. The predicted molar refractivity (Wildman–Crippen MR) is 126 cm³/mol. The van der Waals surface area contributed by atoms with Crippen LogP contribution in [0.1, 0.15) is 22.3 Å². The van der Waals surface area contributed by atoms with Crippen molar-refractivity contribution in [1.82, 2.24) is 0 Å². The van der Waals surface area contributed by atoms with E-state index in [1.54, 1.807) is 42.5 Å². The predicted octanol–water partition coefficient (Wildman–Crippen LogP) is 7.15. The SMILES string of the molecule is C=CCOc1ccc(CCc2ccc(C#Cc3ccc4c(F)c(F)ccc4c3)c(F)c2)c(F)c1. The summed E-state index contributed by atoms with van der Waals surface area (Å²) < 4.78 is 61.4. The van der Waals surface area contributed by atoms with Gasteiger partial charge in [0.2, 0.25) is 0 Å². The van der Waals surface area contributed by atoms with Crippen LogP contribution in [0.4, 0.5) is 17.6 Å². The summed E-state index contributed by atoms with van der Waals surface area (Å²) in [4.78, 5) is 0. The van der Waals surface area contributed by atoms with Crippen LogP contribution < -0.4 is 4.74 Å². The second kappa shape index (κ2) is 10.3. The van der Waals surface area contributed by atoms with Gasteiger partial charge in [-0.15, -0.1) is 0 Å². The van der Waals surface area contributed by atoms with Gasteiger partial charge in [-0.25, -0.2) is 17.6 Å². The van der Waals surface area contributed by atoms with Crippen LogP contribution in [0.25, 0.3) is 10.8 Å². The summed E-state index contributed by atoms with van der Waals surface area (Å²) in [6.07, 6.45) is 2.45. The lowest BCUT2D eigenvalue weighted by atomic mass is 10.0. The van der Waals surface area contributed by atoms with E-state index < -0.39 is 17.5 Å². The molecule has 170 valence electrons. The van der Waals surface area contributed by atoms with Crippen molar-refractivity contribution in [1.29, 1.82) is 0 Å². The normalized spacial score (nSPS) is 10.6. The number of benzene rings is 4. The maximum atomic E-state index is 14.6. The second-order valence-electron chi connectivity index (χ2n) is 7.71. The molecule has 34 heavy (non-hydrogen) atoms. The lowest BCUT2D eigenvalue weighted by molar-refractivity contribution is 0.360.